The third-order valence-corrected chi connectivity index (χ3v) is 2.07. The summed E-state index contributed by atoms with van der Waals surface area (Å²) in [7, 11) is 1.36. The second-order valence-electron chi connectivity index (χ2n) is 3.24. The molecule has 0 saturated carbocycles. The lowest BCUT2D eigenvalue weighted by Crippen LogP contribution is -2.27. The van der Waals surface area contributed by atoms with E-state index in [-0.39, 0.29) is 18.6 Å². The van der Waals surface area contributed by atoms with E-state index in [1.165, 1.54) is 7.11 Å². The monoisotopic (exact) mass is 209 g/mol. The Hall–Kier alpha value is -1.55. The quantitative estimate of drug-likeness (QED) is 0.730. The normalized spacial score (nSPS) is 11.9. The minimum atomic E-state index is -0.380. The van der Waals surface area contributed by atoms with Gasteiger partial charge in [-0.15, -0.1) is 0 Å². The van der Waals surface area contributed by atoms with E-state index in [0.717, 1.165) is 11.3 Å². The van der Waals surface area contributed by atoms with Crippen molar-refractivity contribution in [2.75, 3.05) is 12.4 Å². The number of methoxy groups -OCH3 is 1. The fraction of sp³-hybridized carbons (Fsp3) is 0.364. The number of aliphatic hydroxyl groups is 1. The Morgan fingerprint density at radius 3 is 2.53 bits per heavy atom. The Morgan fingerprint density at radius 2 is 2.07 bits per heavy atom. The Morgan fingerprint density at radius 1 is 1.47 bits per heavy atom. The van der Waals surface area contributed by atoms with Gasteiger partial charge in [-0.3, -0.25) is 0 Å². The highest BCUT2D eigenvalue weighted by Crippen LogP contribution is 2.10. The van der Waals surface area contributed by atoms with Crippen molar-refractivity contribution in [1.82, 2.24) is 0 Å². The Balaban J connectivity index is 2.60. The van der Waals surface area contributed by atoms with Gasteiger partial charge in [0.15, 0.2) is 0 Å². The summed E-state index contributed by atoms with van der Waals surface area (Å²) in [6, 6.07) is 6.84. The molecule has 15 heavy (non-hydrogen) atoms. The van der Waals surface area contributed by atoms with Gasteiger partial charge in [0.2, 0.25) is 0 Å². The summed E-state index contributed by atoms with van der Waals surface area (Å²) in [5, 5.41) is 11.8. The number of esters is 1. The number of hydrogen-bond donors (Lipinski definition) is 2. The van der Waals surface area contributed by atoms with Crippen LogP contribution < -0.4 is 5.32 Å². The van der Waals surface area contributed by atoms with Crippen LogP contribution in [0, 0.1) is 0 Å². The summed E-state index contributed by atoms with van der Waals surface area (Å²) in [5.74, 6) is -0.304. The van der Waals surface area contributed by atoms with Gasteiger partial charge in [-0.2, -0.15) is 0 Å². The third kappa shape index (κ3) is 3.25. The van der Waals surface area contributed by atoms with Crippen LogP contribution in [0.1, 0.15) is 12.5 Å². The van der Waals surface area contributed by atoms with Crippen LogP contribution in [0.4, 0.5) is 5.69 Å². The molecular formula is C11H15NO3. The van der Waals surface area contributed by atoms with Crippen molar-refractivity contribution in [3.8, 4) is 0 Å². The first-order valence-corrected chi connectivity index (χ1v) is 4.71. The molecule has 0 bridgehead atoms. The van der Waals surface area contributed by atoms with Gasteiger partial charge in [-0.25, -0.2) is 4.79 Å². The number of hydrogen-bond acceptors (Lipinski definition) is 4. The zero-order valence-corrected chi connectivity index (χ0v) is 8.86. The molecule has 0 saturated heterocycles. The van der Waals surface area contributed by atoms with E-state index in [2.05, 4.69) is 10.1 Å². The van der Waals surface area contributed by atoms with E-state index in [1.807, 2.05) is 12.1 Å². The van der Waals surface area contributed by atoms with Crippen molar-refractivity contribution < 1.29 is 14.6 Å². The fourth-order valence-electron chi connectivity index (χ4n) is 1.19. The number of carbonyl (C=O) groups excluding carboxylic acids is 1. The summed E-state index contributed by atoms with van der Waals surface area (Å²) in [6.45, 7) is 1.75. The van der Waals surface area contributed by atoms with Crippen LogP contribution in [0.2, 0.25) is 0 Å². The van der Waals surface area contributed by atoms with E-state index in [9.17, 15) is 4.79 Å². The minimum absolute atomic E-state index is 0.0207. The van der Waals surface area contributed by atoms with Gasteiger partial charge in [0.1, 0.15) is 6.04 Å². The van der Waals surface area contributed by atoms with Gasteiger partial charge in [-0.05, 0) is 24.6 Å². The average molecular weight is 209 g/mol. The number of nitrogens with one attached hydrogen (secondary N) is 1. The molecule has 0 heterocycles. The summed E-state index contributed by atoms with van der Waals surface area (Å²) in [6.07, 6.45) is 0. The Bertz CT molecular complexity index is 321. The van der Waals surface area contributed by atoms with E-state index in [4.69, 9.17) is 5.11 Å². The standard InChI is InChI=1S/C11H15NO3/c1-8(11(14)15-2)12-10-5-3-9(7-13)4-6-10/h3-6,8,12-13H,7H2,1-2H3. The van der Waals surface area contributed by atoms with Gasteiger partial charge < -0.3 is 15.2 Å². The van der Waals surface area contributed by atoms with Crippen LogP contribution in [-0.4, -0.2) is 24.2 Å². The molecule has 0 aliphatic heterocycles. The lowest BCUT2D eigenvalue weighted by molar-refractivity contribution is -0.141. The minimum Gasteiger partial charge on any atom is -0.467 e. The molecule has 0 spiro atoms. The fourth-order valence-corrected chi connectivity index (χ4v) is 1.19. The molecule has 1 unspecified atom stereocenters. The summed E-state index contributed by atoms with van der Waals surface area (Å²) in [4.78, 5) is 11.1. The molecule has 0 aliphatic carbocycles. The van der Waals surface area contributed by atoms with Crippen LogP contribution in [0.25, 0.3) is 0 Å². The average Bonchev–Trinajstić information content (AvgIpc) is 2.29. The molecule has 1 atom stereocenters. The molecule has 4 nitrogen and oxygen atoms in total. The van der Waals surface area contributed by atoms with E-state index >= 15 is 0 Å². The Labute approximate surface area is 88.9 Å². The van der Waals surface area contributed by atoms with E-state index < -0.39 is 0 Å². The highest BCUT2D eigenvalue weighted by atomic mass is 16.5. The molecule has 0 aliphatic rings. The number of anilines is 1. The van der Waals surface area contributed by atoms with Crippen molar-refractivity contribution >= 4 is 11.7 Å². The van der Waals surface area contributed by atoms with Crippen LogP contribution in [0.5, 0.6) is 0 Å². The SMILES string of the molecule is COC(=O)C(C)Nc1ccc(CO)cc1. The number of aliphatic hydroxyl groups excluding tert-OH is 1. The number of rotatable bonds is 4. The van der Waals surface area contributed by atoms with Crippen LogP contribution in [0.3, 0.4) is 0 Å². The highest BCUT2D eigenvalue weighted by Gasteiger charge is 2.11. The maximum atomic E-state index is 11.1. The number of ether oxygens (including phenoxy) is 1. The molecule has 0 aromatic heterocycles. The predicted octanol–water partition coefficient (Wildman–Crippen LogP) is 1.15. The van der Waals surface area contributed by atoms with Crippen molar-refractivity contribution in [3.05, 3.63) is 29.8 Å². The molecule has 2 N–H and O–H groups in total. The number of carbonyl (C=O) groups is 1. The lowest BCUT2D eigenvalue weighted by Gasteiger charge is -2.12. The first kappa shape index (κ1) is 11.5. The largest absolute Gasteiger partial charge is 0.467 e. The van der Waals surface area contributed by atoms with Gasteiger partial charge in [0.25, 0.3) is 0 Å². The van der Waals surface area contributed by atoms with Crippen molar-refractivity contribution in [1.29, 1.82) is 0 Å². The third-order valence-electron chi connectivity index (χ3n) is 2.07. The second kappa shape index (κ2) is 5.36. The second-order valence-corrected chi connectivity index (χ2v) is 3.24. The Kier molecular flexibility index (Phi) is 4.12. The summed E-state index contributed by atoms with van der Waals surface area (Å²) < 4.78 is 4.59. The van der Waals surface area contributed by atoms with Crippen molar-refractivity contribution in [3.63, 3.8) is 0 Å². The van der Waals surface area contributed by atoms with Crippen molar-refractivity contribution in [2.45, 2.75) is 19.6 Å². The first-order valence-electron chi connectivity index (χ1n) is 4.71. The summed E-state index contributed by atoms with van der Waals surface area (Å²) in [5.41, 5.74) is 1.66. The molecule has 82 valence electrons. The number of benzene rings is 1. The molecule has 4 heteroatoms. The maximum Gasteiger partial charge on any atom is 0.327 e. The van der Waals surface area contributed by atoms with Gasteiger partial charge in [-0.1, -0.05) is 12.1 Å². The predicted molar refractivity (Wildman–Crippen MR) is 57.5 cm³/mol. The van der Waals surface area contributed by atoms with E-state index in [0.29, 0.717) is 0 Å². The van der Waals surface area contributed by atoms with Gasteiger partial charge in [0.05, 0.1) is 13.7 Å². The van der Waals surface area contributed by atoms with Gasteiger partial charge in [0, 0.05) is 5.69 Å². The molecular weight excluding hydrogens is 194 g/mol. The van der Waals surface area contributed by atoms with E-state index in [1.54, 1.807) is 19.1 Å². The molecule has 1 aromatic rings. The molecule has 1 rings (SSSR count). The lowest BCUT2D eigenvalue weighted by atomic mass is 10.2. The maximum absolute atomic E-state index is 11.1. The van der Waals surface area contributed by atoms with Crippen LogP contribution >= 0.6 is 0 Å². The smallest absolute Gasteiger partial charge is 0.327 e. The zero-order valence-electron chi connectivity index (χ0n) is 8.86. The van der Waals surface area contributed by atoms with Crippen LogP contribution in [0.15, 0.2) is 24.3 Å². The molecule has 0 amide bonds. The zero-order chi connectivity index (χ0) is 11.3. The van der Waals surface area contributed by atoms with Gasteiger partial charge >= 0.3 is 5.97 Å². The first-order chi connectivity index (χ1) is 7.17. The van der Waals surface area contributed by atoms with Crippen molar-refractivity contribution in [2.24, 2.45) is 0 Å². The molecule has 0 fully saturated rings. The highest BCUT2D eigenvalue weighted by molar-refractivity contribution is 5.78. The topological polar surface area (TPSA) is 58.6 Å². The molecule has 0 radical (unpaired) electrons. The summed E-state index contributed by atoms with van der Waals surface area (Å²) >= 11 is 0. The van der Waals surface area contributed by atoms with Crippen LogP contribution in [-0.2, 0) is 16.1 Å². The molecule has 1 aromatic carbocycles.